The van der Waals surface area contributed by atoms with Gasteiger partial charge in [-0.3, -0.25) is 4.79 Å². The van der Waals surface area contributed by atoms with Crippen LogP contribution in [0.1, 0.15) is 18.9 Å². The fourth-order valence-electron chi connectivity index (χ4n) is 0.953. The lowest BCUT2D eigenvalue weighted by atomic mass is 10.2. The van der Waals surface area contributed by atoms with Gasteiger partial charge in [0.1, 0.15) is 10.6 Å². The van der Waals surface area contributed by atoms with Gasteiger partial charge in [-0.15, -0.1) is 0 Å². The van der Waals surface area contributed by atoms with Crippen molar-refractivity contribution in [3.05, 3.63) is 29.8 Å². The molecule has 0 saturated heterocycles. The lowest BCUT2D eigenvalue weighted by Gasteiger charge is -2.07. The van der Waals surface area contributed by atoms with Gasteiger partial charge in [0.25, 0.3) is 0 Å². The average molecular weight is 257 g/mol. The summed E-state index contributed by atoms with van der Waals surface area (Å²) < 4.78 is 5.14. The Labute approximate surface area is 92.4 Å². The Balaban J connectivity index is 2.60. The summed E-state index contributed by atoms with van der Waals surface area (Å²) in [5.74, 6) is 0.356. The lowest BCUT2D eigenvalue weighted by molar-refractivity contribution is -0.133. The molecular weight excluding hydrogens is 244 g/mol. The molecule has 0 aliphatic heterocycles. The Bertz CT molecular complexity index is 306. The van der Waals surface area contributed by atoms with E-state index in [0.29, 0.717) is 5.75 Å². The largest absolute Gasteiger partial charge is 0.426 e. The number of ether oxygens (including phenoxy) is 1. The number of hydrogen-bond donors (Lipinski definition) is 0. The fraction of sp³-hybridized carbons (Fsp3) is 0.364. The molecule has 0 heterocycles. The van der Waals surface area contributed by atoms with E-state index < -0.39 is 0 Å². The van der Waals surface area contributed by atoms with E-state index >= 15 is 0 Å². The summed E-state index contributed by atoms with van der Waals surface area (Å²) in [7, 11) is 0. The molecule has 0 aromatic heterocycles. The molecule has 2 nitrogen and oxygen atoms in total. The summed E-state index contributed by atoms with van der Waals surface area (Å²) in [6.07, 6.45) is 0.727. The Morgan fingerprint density at radius 1 is 1.43 bits per heavy atom. The first-order valence-corrected chi connectivity index (χ1v) is 5.47. The van der Waals surface area contributed by atoms with Gasteiger partial charge in [-0.25, -0.2) is 0 Å². The number of carbonyl (C=O) groups excluding carboxylic acids is 1. The van der Waals surface area contributed by atoms with Crippen LogP contribution in [0.5, 0.6) is 5.75 Å². The van der Waals surface area contributed by atoms with Crippen LogP contribution in [0.3, 0.4) is 0 Å². The van der Waals surface area contributed by atoms with Crippen molar-refractivity contribution in [1.82, 2.24) is 0 Å². The van der Waals surface area contributed by atoms with Crippen LogP contribution < -0.4 is 4.74 Å². The number of benzene rings is 1. The second-order valence-electron chi connectivity index (χ2n) is 3.11. The molecule has 76 valence electrons. The predicted octanol–water partition coefficient (Wildman–Crippen LogP) is 3.07. The maximum atomic E-state index is 11.4. The highest BCUT2D eigenvalue weighted by Crippen LogP contribution is 2.14. The maximum Gasteiger partial charge on any atom is 0.325 e. The second-order valence-corrected chi connectivity index (χ2v) is 4.22. The maximum absolute atomic E-state index is 11.4. The van der Waals surface area contributed by atoms with Crippen LogP contribution in [-0.4, -0.2) is 10.8 Å². The monoisotopic (exact) mass is 256 g/mol. The SMILES string of the molecule is CC[C@H](Br)C(=O)Oc1ccc(C)cc1. The highest BCUT2D eigenvalue weighted by molar-refractivity contribution is 9.10. The zero-order valence-corrected chi connectivity index (χ0v) is 9.87. The fourth-order valence-corrected chi connectivity index (χ4v) is 1.05. The average Bonchev–Trinajstić information content (AvgIpc) is 2.20. The van der Waals surface area contributed by atoms with Gasteiger partial charge < -0.3 is 4.74 Å². The third-order valence-electron chi connectivity index (χ3n) is 1.85. The standard InChI is InChI=1S/C11H13BrO2/c1-3-10(12)11(13)14-9-6-4-8(2)5-7-9/h4-7,10H,3H2,1-2H3/t10-/m0/s1. The van der Waals surface area contributed by atoms with Crippen molar-refractivity contribution in [2.45, 2.75) is 25.1 Å². The van der Waals surface area contributed by atoms with E-state index in [4.69, 9.17) is 4.74 Å². The van der Waals surface area contributed by atoms with E-state index in [9.17, 15) is 4.79 Å². The third-order valence-corrected chi connectivity index (χ3v) is 2.87. The zero-order chi connectivity index (χ0) is 10.6. The second kappa shape index (κ2) is 5.15. The molecule has 1 rings (SSSR count). The summed E-state index contributed by atoms with van der Waals surface area (Å²) >= 11 is 3.24. The molecule has 0 aliphatic rings. The molecule has 0 bridgehead atoms. The Kier molecular flexibility index (Phi) is 4.14. The van der Waals surface area contributed by atoms with E-state index in [0.717, 1.165) is 12.0 Å². The molecule has 1 aromatic carbocycles. The van der Waals surface area contributed by atoms with Crippen molar-refractivity contribution in [1.29, 1.82) is 0 Å². The topological polar surface area (TPSA) is 26.3 Å². The van der Waals surface area contributed by atoms with Gasteiger partial charge >= 0.3 is 5.97 Å². The minimum Gasteiger partial charge on any atom is -0.426 e. The number of esters is 1. The summed E-state index contributed by atoms with van der Waals surface area (Å²) in [6.45, 7) is 3.92. The zero-order valence-electron chi connectivity index (χ0n) is 8.29. The summed E-state index contributed by atoms with van der Waals surface area (Å²) in [4.78, 5) is 11.1. The van der Waals surface area contributed by atoms with Crippen molar-refractivity contribution in [3.63, 3.8) is 0 Å². The van der Waals surface area contributed by atoms with E-state index in [-0.39, 0.29) is 10.8 Å². The minimum absolute atomic E-state index is 0.219. The van der Waals surface area contributed by atoms with Gasteiger partial charge in [0.15, 0.2) is 0 Å². The molecule has 0 fully saturated rings. The first kappa shape index (κ1) is 11.2. The molecule has 0 radical (unpaired) electrons. The van der Waals surface area contributed by atoms with Crippen molar-refractivity contribution in [3.8, 4) is 5.75 Å². The smallest absolute Gasteiger partial charge is 0.325 e. The Hall–Kier alpha value is -0.830. The number of halogens is 1. The molecule has 14 heavy (non-hydrogen) atoms. The van der Waals surface area contributed by atoms with Crippen LogP contribution in [0.4, 0.5) is 0 Å². The molecule has 0 amide bonds. The van der Waals surface area contributed by atoms with Crippen LogP contribution in [0.2, 0.25) is 0 Å². The van der Waals surface area contributed by atoms with Crippen LogP contribution in [0, 0.1) is 6.92 Å². The van der Waals surface area contributed by atoms with E-state index in [2.05, 4.69) is 15.9 Å². The van der Waals surface area contributed by atoms with E-state index in [1.54, 1.807) is 12.1 Å². The van der Waals surface area contributed by atoms with Crippen molar-refractivity contribution < 1.29 is 9.53 Å². The van der Waals surface area contributed by atoms with Gasteiger partial charge in [0.2, 0.25) is 0 Å². The highest BCUT2D eigenvalue weighted by Gasteiger charge is 2.14. The summed E-state index contributed by atoms with van der Waals surface area (Å²) in [6, 6.07) is 7.42. The minimum atomic E-state index is -0.239. The molecule has 1 aromatic rings. The molecule has 0 aliphatic carbocycles. The van der Waals surface area contributed by atoms with Gasteiger partial charge in [0, 0.05) is 0 Å². The van der Waals surface area contributed by atoms with Gasteiger partial charge in [-0.1, -0.05) is 40.5 Å². The normalized spacial score (nSPS) is 12.2. The number of alkyl halides is 1. The van der Waals surface area contributed by atoms with Crippen LogP contribution >= 0.6 is 15.9 Å². The molecule has 1 atom stereocenters. The molecule has 0 spiro atoms. The van der Waals surface area contributed by atoms with Gasteiger partial charge in [-0.05, 0) is 25.5 Å². The molecular formula is C11H13BrO2. The van der Waals surface area contributed by atoms with Crippen molar-refractivity contribution >= 4 is 21.9 Å². The highest BCUT2D eigenvalue weighted by atomic mass is 79.9. The molecule has 3 heteroatoms. The van der Waals surface area contributed by atoms with Crippen LogP contribution in [0.25, 0.3) is 0 Å². The van der Waals surface area contributed by atoms with Crippen molar-refractivity contribution in [2.75, 3.05) is 0 Å². The molecule has 0 unspecified atom stereocenters. The Morgan fingerprint density at radius 3 is 2.50 bits per heavy atom. The lowest BCUT2D eigenvalue weighted by Crippen LogP contribution is -2.19. The Morgan fingerprint density at radius 2 is 2.00 bits per heavy atom. The number of hydrogen-bond acceptors (Lipinski definition) is 2. The first-order chi connectivity index (χ1) is 6.63. The molecule has 0 N–H and O–H groups in total. The number of carbonyl (C=O) groups is 1. The van der Waals surface area contributed by atoms with Crippen LogP contribution in [0.15, 0.2) is 24.3 Å². The van der Waals surface area contributed by atoms with Gasteiger partial charge in [0.05, 0.1) is 0 Å². The number of aryl methyl sites for hydroxylation is 1. The quantitative estimate of drug-likeness (QED) is 0.472. The van der Waals surface area contributed by atoms with Gasteiger partial charge in [-0.2, -0.15) is 0 Å². The van der Waals surface area contributed by atoms with E-state index in [1.807, 2.05) is 26.0 Å². The van der Waals surface area contributed by atoms with E-state index in [1.165, 1.54) is 0 Å². The van der Waals surface area contributed by atoms with Crippen LogP contribution in [-0.2, 0) is 4.79 Å². The van der Waals surface area contributed by atoms with Crippen molar-refractivity contribution in [2.24, 2.45) is 0 Å². The summed E-state index contributed by atoms with van der Waals surface area (Å²) in [5, 5.41) is 0. The predicted molar refractivity (Wildman–Crippen MR) is 59.8 cm³/mol. The first-order valence-electron chi connectivity index (χ1n) is 4.56. The summed E-state index contributed by atoms with van der Waals surface area (Å²) in [5.41, 5.74) is 1.15. The molecule has 0 saturated carbocycles. The number of rotatable bonds is 3. The third kappa shape index (κ3) is 3.14.